The van der Waals surface area contributed by atoms with E-state index in [1.807, 2.05) is 24.3 Å². The average molecular weight is 239 g/mol. The van der Waals surface area contributed by atoms with Crippen LogP contribution in [0.5, 0.6) is 0 Å². The average Bonchev–Trinajstić information content (AvgIpc) is 2.94. The van der Waals surface area contributed by atoms with E-state index in [0.29, 0.717) is 6.04 Å². The van der Waals surface area contributed by atoms with Crippen molar-refractivity contribution in [2.24, 2.45) is 0 Å². The molecular weight excluding hydrogens is 218 g/mol. The molecule has 1 fully saturated rings. The Morgan fingerprint density at radius 1 is 1.56 bits per heavy atom. The van der Waals surface area contributed by atoms with Gasteiger partial charge in [0.2, 0.25) is 0 Å². The molecule has 0 amide bonds. The van der Waals surface area contributed by atoms with Crippen molar-refractivity contribution < 1.29 is 0 Å². The molecule has 1 N–H and O–H groups in total. The second kappa shape index (κ2) is 5.73. The molecule has 2 unspecified atom stereocenters. The topological polar surface area (TPSA) is 29.9 Å². The van der Waals surface area contributed by atoms with Gasteiger partial charge in [-0.3, -0.25) is 0 Å². The summed E-state index contributed by atoms with van der Waals surface area (Å²) < 4.78 is 2.20. The molecule has 1 aromatic heterocycles. The van der Waals surface area contributed by atoms with Gasteiger partial charge in [0, 0.05) is 30.6 Å². The third-order valence-corrected chi connectivity index (χ3v) is 4.52. The fraction of sp³-hybridized carbons (Fsp3) is 0.750. The Hall–Kier alpha value is -0.480. The molecule has 0 saturated heterocycles. The fourth-order valence-corrected chi connectivity index (χ4v) is 3.17. The molecule has 1 aliphatic rings. The first-order valence-electron chi connectivity index (χ1n) is 6.08. The SMILES string of the molecule is CCn1cncc1CNC1CCC(SC)C1. The van der Waals surface area contributed by atoms with Crippen molar-refractivity contribution in [1.29, 1.82) is 0 Å². The monoisotopic (exact) mass is 239 g/mol. The van der Waals surface area contributed by atoms with Crippen LogP contribution < -0.4 is 5.32 Å². The third kappa shape index (κ3) is 2.80. The number of imidazole rings is 1. The van der Waals surface area contributed by atoms with Crippen molar-refractivity contribution in [3.8, 4) is 0 Å². The first-order valence-corrected chi connectivity index (χ1v) is 7.37. The first kappa shape index (κ1) is 12.0. The molecule has 0 aliphatic heterocycles. The lowest BCUT2D eigenvalue weighted by Gasteiger charge is -2.13. The Bertz CT molecular complexity index is 324. The van der Waals surface area contributed by atoms with Gasteiger partial charge in [-0.15, -0.1) is 0 Å². The highest BCUT2D eigenvalue weighted by Gasteiger charge is 2.23. The van der Waals surface area contributed by atoms with Crippen molar-refractivity contribution in [3.05, 3.63) is 18.2 Å². The van der Waals surface area contributed by atoms with E-state index in [2.05, 4.69) is 28.0 Å². The van der Waals surface area contributed by atoms with Crippen molar-refractivity contribution in [1.82, 2.24) is 14.9 Å². The van der Waals surface area contributed by atoms with Crippen LogP contribution in [0.25, 0.3) is 0 Å². The summed E-state index contributed by atoms with van der Waals surface area (Å²) in [7, 11) is 0. The van der Waals surface area contributed by atoms with Gasteiger partial charge in [0.05, 0.1) is 12.0 Å². The predicted molar refractivity (Wildman–Crippen MR) is 69.7 cm³/mol. The number of hydrogen-bond donors (Lipinski definition) is 1. The van der Waals surface area contributed by atoms with Gasteiger partial charge >= 0.3 is 0 Å². The minimum Gasteiger partial charge on any atom is -0.334 e. The second-order valence-corrected chi connectivity index (χ2v) is 5.56. The first-order chi connectivity index (χ1) is 7.83. The van der Waals surface area contributed by atoms with Gasteiger partial charge in [-0.1, -0.05) is 0 Å². The third-order valence-electron chi connectivity index (χ3n) is 3.43. The van der Waals surface area contributed by atoms with E-state index in [9.17, 15) is 0 Å². The normalized spacial score (nSPS) is 25.1. The van der Waals surface area contributed by atoms with Crippen LogP contribution in [0.1, 0.15) is 31.9 Å². The number of aryl methyl sites for hydroxylation is 1. The molecule has 4 heteroatoms. The Morgan fingerprint density at radius 2 is 2.44 bits per heavy atom. The molecule has 3 nitrogen and oxygen atoms in total. The predicted octanol–water partition coefficient (Wildman–Crippen LogP) is 2.28. The summed E-state index contributed by atoms with van der Waals surface area (Å²) in [6.45, 7) is 4.12. The molecule has 1 saturated carbocycles. The van der Waals surface area contributed by atoms with Crippen molar-refractivity contribution in [2.45, 2.75) is 50.6 Å². The Morgan fingerprint density at radius 3 is 3.12 bits per heavy atom. The molecule has 2 atom stereocenters. The van der Waals surface area contributed by atoms with Crippen molar-refractivity contribution in [2.75, 3.05) is 6.26 Å². The van der Waals surface area contributed by atoms with E-state index in [-0.39, 0.29) is 0 Å². The number of rotatable bonds is 5. The summed E-state index contributed by atoms with van der Waals surface area (Å²) in [5.41, 5.74) is 1.30. The van der Waals surface area contributed by atoms with Gasteiger partial charge in [0.25, 0.3) is 0 Å². The van der Waals surface area contributed by atoms with Gasteiger partial charge in [-0.05, 0) is 32.4 Å². The summed E-state index contributed by atoms with van der Waals surface area (Å²) in [6.07, 6.45) is 10.1. The molecule has 1 aromatic rings. The summed E-state index contributed by atoms with van der Waals surface area (Å²) in [4.78, 5) is 4.19. The smallest absolute Gasteiger partial charge is 0.0948 e. The fourth-order valence-electron chi connectivity index (χ4n) is 2.37. The van der Waals surface area contributed by atoms with E-state index < -0.39 is 0 Å². The van der Waals surface area contributed by atoms with E-state index in [1.54, 1.807) is 0 Å². The number of hydrogen-bond acceptors (Lipinski definition) is 3. The number of nitrogens with zero attached hydrogens (tertiary/aromatic N) is 2. The van der Waals surface area contributed by atoms with E-state index in [0.717, 1.165) is 18.3 Å². The molecule has 2 rings (SSSR count). The van der Waals surface area contributed by atoms with E-state index in [4.69, 9.17) is 0 Å². The lowest BCUT2D eigenvalue weighted by atomic mass is 10.2. The van der Waals surface area contributed by atoms with Crippen LogP contribution in [0, 0.1) is 0 Å². The quantitative estimate of drug-likeness (QED) is 0.855. The van der Waals surface area contributed by atoms with Crippen LogP contribution in [0.4, 0.5) is 0 Å². The van der Waals surface area contributed by atoms with Gasteiger partial charge in [0.1, 0.15) is 0 Å². The summed E-state index contributed by atoms with van der Waals surface area (Å²) in [5.74, 6) is 0. The molecular formula is C12H21N3S. The number of aromatic nitrogens is 2. The molecule has 0 aromatic carbocycles. The molecule has 16 heavy (non-hydrogen) atoms. The number of thioether (sulfide) groups is 1. The molecule has 0 radical (unpaired) electrons. The Kier molecular flexibility index (Phi) is 4.29. The zero-order valence-electron chi connectivity index (χ0n) is 10.1. The summed E-state index contributed by atoms with van der Waals surface area (Å²) in [6, 6.07) is 0.706. The van der Waals surface area contributed by atoms with Crippen LogP contribution in [0.3, 0.4) is 0 Å². The van der Waals surface area contributed by atoms with Crippen LogP contribution >= 0.6 is 11.8 Å². The van der Waals surface area contributed by atoms with E-state index in [1.165, 1.54) is 25.0 Å². The number of nitrogens with one attached hydrogen (secondary N) is 1. The highest BCUT2D eigenvalue weighted by molar-refractivity contribution is 7.99. The standard InChI is InChI=1S/C12H21N3S/c1-3-15-9-13-7-11(15)8-14-10-4-5-12(6-10)16-2/h7,9-10,12,14H,3-6,8H2,1-2H3. The lowest BCUT2D eigenvalue weighted by molar-refractivity contribution is 0.509. The summed E-state index contributed by atoms with van der Waals surface area (Å²) in [5, 5.41) is 4.52. The van der Waals surface area contributed by atoms with Crippen LogP contribution in [0.15, 0.2) is 12.5 Å². The maximum atomic E-state index is 4.19. The second-order valence-electron chi connectivity index (χ2n) is 4.42. The van der Waals surface area contributed by atoms with Crippen molar-refractivity contribution in [3.63, 3.8) is 0 Å². The highest BCUT2D eigenvalue weighted by Crippen LogP contribution is 2.28. The minimum atomic E-state index is 0.706. The van der Waals surface area contributed by atoms with Crippen LogP contribution in [-0.4, -0.2) is 27.1 Å². The molecule has 1 heterocycles. The maximum absolute atomic E-state index is 4.19. The molecule has 0 spiro atoms. The van der Waals surface area contributed by atoms with Gasteiger partial charge < -0.3 is 9.88 Å². The lowest BCUT2D eigenvalue weighted by Crippen LogP contribution is -2.27. The zero-order valence-corrected chi connectivity index (χ0v) is 11.0. The Labute approximate surface area is 102 Å². The van der Waals surface area contributed by atoms with Gasteiger partial charge in [-0.2, -0.15) is 11.8 Å². The molecule has 90 valence electrons. The maximum Gasteiger partial charge on any atom is 0.0948 e. The molecule has 0 bridgehead atoms. The summed E-state index contributed by atoms with van der Waals surface area (Å²) >= 11 is 2.01. The van der Waals surface area contributed by atoms with Crippen LogP contribution in [0.2, 0.25) is 0 Å². The Balaban J connectivity index is 1.80. The molecule has 1 aliphatic carbocycles. The van der Waals surface area contributed by atoms with Gasteiger partial charge in [0.15, 0.2) is 0 Å². The largest absolute Gasteiger partial charge is 0.334 e. The van der Waals surface area contributed by atoms with E-state index >= 15 is 0 Å². The van der Waals surface area contributed by atoms with Crippen LogP contribution in [-0.2, 0) is 13.1 Å². The van der Waals surface area contributed by atoms with Gasteiger partial charge in [-0.25, -0.2) is 4.98 Å². The zero-order chi connectivity index (χ0) is 11.4. The van der Waals surface area contributed by atoms with Crippen molar-refractivity contribution >= 4 is 11.8 Å². The highest BCUT2D eigenvalue weighted by atomic mass is 32.2. The minimum absolute atomic E-state index is 0.706.